The van der Waals surface area contributed by atoms with Crippen molar-refractivity contribution in [3.8, 4) is 0 Å². The molecule has 0 aliphatic carbocycles. The van der Waals surface area contributed by atoms with E-state index >= 15 is 0 Å². The Balaban J connectivity index is 2.78. The van der Waals surface area contributed by atoms with Crippen molar-refractivity contribution >= 4 is 10.8 Å². The number of nitrogens with one attached hydrogen (secondary N) is 1. The Morgan fingerprint density at radius 2 is 1.95 bits per heavy atom. The van der Waals surface area contributed by atoms with Crippen LogP contribution in [0.15, 0.2) is 18.2 Å². The van der Waals surface area contributed by atoms with E-state index in [2.05, 4.69) is 58.1 Å². The summed E-state index contributed by atoms with van der Waals surface area (Å²) in [4.78, 5) is 0. The van der Waals surface area contributed by atoms with E-state index in [1.165, 1.54) is 16.7 Å². The summed E-state index contributed by atoms with van der Waals surface area (Å²) in [6, 6.07) is 6.72. The average molecular weight is 295 g/mol. The molecular weight excluding hydrogens is 266 g/mol. The fraction of sp³-hybridized carbons (Fsp3) is 0.647. The number of hydrogen-bond acceptors (Lipinski definition) is 2. The van der Waals surface area contributed by atoms with E-state index in [1.807, 2.05) is 0 Å². The molecule has 0 saturated heterocycles. The van der Waals surface area contributed by atoms with Crippen LogP contribution in [0.3, 0.4) is 0 Å². The average Bonchev–Trinajstić information content (AvgIpc) is 2.39. The third-order valence-electron chi connectivity index (χ3n) is 3.54. The molecule has 0 amide bonds. The minimum absolute atomic E-state index is 0.202. The van der Waals surface area contributed by atoms with Gasteiger partial charge in [0.1, 0.15) is 0 Å². The van der Waals surface area contributed by atoms with Gasteiger partial charge in [0.25, 0.3) is 0 Å². The van der Waals surface area contributed by atoms with Crippen molar-refractivity contribution in [2.24, 2.45) is 5.92 Å². The first-order valence-electron chi connectivity index (χ1n) is 7.59. The summed E-state index contributed by atoms with van der Waals surface area (Å²) in [5.74, 6) is 2.15. The van der Waals surface area contributed by atoms with Crippen molar-refractivity contribution in [2.75, 3.05) is 18.1 Å². The van der Waals surface area contributed by atoms with Crippen LogP contribution in [0.2, 0.25) is 0 Å². The van der Waals surface area contributed by atoms with Crippen molar-refractivity contribution in [3.05, 3.63) is 34.9 Å². The molecule has 2 atom stereocenters. The molecule has 1 aromatic rings. The van der Waals surface area contributed by atoms with Gasteiger partial charge < -0.3 is 5.32 Å². The van der Waals surface area contributed by atoms with Gasteiger partial charge in [-0.25, -0.2) is 0 Å². The predicted octanol–water partition coefficient (Wildman–Crippen LogP) is 3.75. The molecule has 0 bridgehead atoms. The normalized spacial score (nSPS) is 14.5. The van der Waals surface area contributed by atoms with E-state index in [-0.39, 0.29) is 6.04 Å². The minimum Gasteiger partial charge on any atom is -0.309 e. The van der Waals surface area contributed by atoms with Gasteiger partial charge in [0, 0.05) is 28.3 Å². The molecule has 0 saturated carbocycles. The smallest absolute Gasteiger partial charge is 0.0439 e. The Kier molecular flexibility index (Phi) is 7.46. The summed E-state index contributed by atoms with van der Waals surface area (Å²) in [7, 11) is -0.750. The lowest BCUT2D eigenvalue weighted by molar-refractivity contribution is 0.584. The Hall–Kier alpha value is -0.670. The maximum atomic E-state index is 12.3. The van der Waals surface area contributed by atoms with Gasteiger partial charge in [-0.05, 0) is 43.9 Å². The Bertz CT molecular complexity index is 443. The van der Waals surface area contributed by atoms with Crippen molar-refractivity contribution in [1.82, 2.24) is 5.32 Å². The molecule has 2 nitrogen and oxygen atoms in total. The topological polar surface area (TPSA) is 29.1 Å². The fourth-order valence-electron chi connectivity index (χ4n) is 2.28. The number of benzene rings is 1. The van der Waals surface area contributed by atoms with Crippen LogP contribution in [0.5, 0.6) is 0 Å². The van der Waals surface area contributed by atoms with E-state index in [0.29, 0.717) is 11.7 Å². The SMILES string of the molecule is CCNC(CS(=O)CCC(C)C)c1cc(C)ccc1C. The highest BCUT2D eigenvalue weighted by Gasteiger charge is 2.16. The second-order valence-electron chi connectivity index (χ2n) is 5.96. The summed E-state index contributed by atoms with van der Waals surface area (Å²) in [5.41, 5.74) is 3.84. The quantitative estimate of drug-likeness (QED) is 0.791. The fourth-order valence-corrected chi connectivity index (χ4v) is 3.85. The van der Waals surface area contributed by atoms with Crippen LogP contribution in [-0.4, -0.2) is 22.3 Å². The summed E-state index contributed by atoms with van der Waals surface area (Å²) in [6.45, 7) is 11.6. The van der Waals surface area contributed by atoms with E-state index in [9.17, 15) is 4.21 Å². The van der Waals surface area contributed by atoms with E-state index in [4.69, 9.17) is 0 Å². The number of rotatable bonds is 8. The minimum atomic E-state index is -0.750. The van der Waals surface area contributed by atoms with Crippen molar-refractivity contribution < 1.29 is 4.21 Å². The first kappa shape index (κ1) is 17.4. The van der Waals surface area contributed by atoms with Crippen molar-refractivity contribution in [1.29, 1.82) is 0 Å². The highest BCUT2D eigenvalue weighted by Crippen LogP contribution is 2.20. The van der Waals surface area contributed by atoms with Crippen LogP contribution in [0.1, 0.15) is 49.9 Å². The van der Waals surface area contributed by atoms with Crippen LogP contribution in [0, 0.1) is 19.8 Å². The molecule has 1 aromatic carbocycles. The zero-order valence-corrected chi connectivity index (χ0v) is 14.3. The molecule has 0 heterocycles. The molecule has 0 aromatic heterocycles. The van der Waals surface area contributed by atoms with Gasteiger partial charge in [0.15, 0.2) is 0 Å². The van der Waals surface area contributed by atoms with Gasteiger partial charge in [-0.3, -0.25) is 4.21 Å². The molecule has 1 N–H and O–H groups in total. The lowest BCUT2D eigenvalue weighted by atomic mass is 10.00. The van der Waals surface area contributed by atoms with Gasteiger partial charge in [-0.15, -0.1) is 0 Å². The van der Waals surface area contributed by atoms with Gasteiger partial charge >= 0.3 is 0 Å². The van der Waals surface area contributed by atoms with Crippen molar-refractivity contribution in [2.45, 2.75) is 47.1 Å². The van der Waals surface area contributed by atoms with Gasteiger partial charge in [-0.2, -0.15) is 0 Å². The van der Waals surface area contributed by atoms with E-state index < -0.39 is 10.8 Å². The predicted molar refractivity (Wildman–Crippen MR) is 89.7 cm³/mol. The molecule has 0 aliphatic rings. The summed E-state index contributed by atoms with van der Waals surface area (Å²) < 4.78 is 12.3. The number of hydrogen-bond donors (Lipinski definition) is 1. The van der Waals surface area contributed by atoms with Gasteiger partial charge in [0.05, 0.1) is 0 Å². The number of aryl methyl sites for hydroxylation is 2. The lowest BCUT2D eigenvalue weighted by Gasteiger charge is -2.21. The molecule has 2 unspecified atom stereocenters. The highest BCUT2D eigenvalue weighted by atomic mass is 32.2. The molecule has 1 rings (SSSR count). The van der Waals surface area contributed by atoms with Gasteiger partial charge in [0.2, 0.25) is 0 Å². The largest absolute Gasteiger partial charge is 0.309 e. The Labute approximate surface area is 126 Å². The van der Waals surface area contributed by atoms with Crippen LogP contribution >= 0.6 is 0 Å². The summed E-state index contributed by atoms with van der Waals surface area (Å²) in [6.07, 6.45) is 1.04. The van der Waals surface area contributed by atoms with E-state index in [0.717, 1.165) is 18.7 Å². The Morgan fingerprint density at radius 3 is 2.55 bits per heavy atom. The second-order valence-corrected chi connectivity index (χ2v) is 7.58. The third-order valence-corrected chi connectivity index (χ3v) is 4.93. The van der Waals surface area contributed by atoms with Gasteiger partial charge in [-0.1, -0.05) is 44.5 Å². The summed E-state index contributed by atoms with van der Waals surface area (Å²) in [5, 5.41) is 3.49. The maximum absolute atomic E-state index is 12.3. The molecule has 0 aliphatic heterocycles. The lowest BCUT2D eigenvalue weighted by Crippen LogP contribution is -2.27. The molecule has 0 fully saturated rings. The molecule has 0 spiro atoms. The monoisotopic (exact) mass is 295 g/mol. The van der Waals surface area contributed by atoms with Crippen LogP contribution < -0.4 is 5.32 Å². The highest BCUT2D eigenvalue weighted by molar-refractivity contribution is 7.85. The molecule has 0 radical (unpaired) electrons. The standard InChI is InChI=1S/C17H29NOS/c1-6-18-17(12-20(19)10-9-13(2)3)16-11-14(4)7-8-15(16)5/h7-8,11,13,17-18H,6,9-10,12H2,1-5H3. The summed E-state index contributed by atoms with van der Waals surface area (Å²) >= 11 is 0. The molecule has 3 heteroatoms. The van der Waals surface area contributed by atoms with Crippen LogP contribution in [-0.2, 0) is 10.8 Å². The van der Waals surface area contributed by atoms with Crippen LogP contribution in [0.25, 0.3) is 0 Å². The maximum Gasteiger partial charge on any atom is 0.0439 e. The Morgan fingerprint density at radius 1 is 1.25 bits per heavy atom. The molecule has 20 heavy (non-hydrogen) atoms. The zero-order valence-electron chi connectivity index (χ0n) is 13.5. The molecular formula is C17H29NOS. The third kappa shape index (κ3) is 5.76. The van der Waals surface area contributed by atoms with Crippen molar-refractivity contribution in [3.63, 3.8) is 0 Å². The molecule has 114 valence electrons. The van der Waals surface area contributed by atoms with Crippen LogP contribution in [0.4, 0.5) is 0 Å². The zero-order chi connectivity index (χ0) is 15.1. The second kappa shape index (κ2) is 8.58. The first-order valence-corrected chi connectivity index (χ1v) is 9.08. The first-order chi connectivity index (χ1) is 9.43. The van der Waals surface area contributed by atoms with E-state index in [1.54, 1.807) is 0 Å².